The van der Waals surface area contributed by atoms with E-state index in [9.17, 15) is 4.79 Å². The number of aryl methyl sites for hydroxylation is 2. The SMILES string of the molecule is O=C(O)c1cn2c3c(cccc13)CC2. The Bertz CT molecular complexity index is 539. The number of carboxylic acids is 1. The van der Waals surface area contributed by atoms with Gasteiger partial charge in [0.15, 0.2) is 0 Å². The van der Waals surface area contributed by atoms with Gasteiger partial charge in [-0.05, 0) is 12.0 Å². The second-order valence-electron chi connectivity index (χ2n) is 3.60. The van der Waals surface area contributed by atoms with Gasteiger partial charge in [0.05, 0.1) is 11.1 Å². The van der Waals surface area contributed by atoms with Crippen molar-refractivity contribution in [3.8, 4) is 0 Å². The van der Waals surface area contributed by atoms with Gasteiger partial charge in [0.1, 0.15) is 0 Å². The van der Waals surface area contributed by atoms with Crippen LogP contribution in [0.1, 0.15) is 15.9 Å². The number of carboxylic acid groups (broad SMARTS) is 1. The molecule has 3 nitrogen and oxygen atoms in total. The maximum absolute atomic E-state index is 11.0. The van der Waals surface area contributed by atoms with Crippen molar-refractivity contribution in [1.29, 1.82) is 0 Å². The number of aromatic carboxylic acids is 1. The third-order valence-corrected chi connectivity index (χ3v) is 2.83. The zero-order chi connectivity index (χ0) is 9.71. The number of aromatic nitrogens is 1. The second-order valence-corrected chi connectivity index (χ2v) is 3.60. The number of hydrogen-bond donors (Lipinski definition) is 1. The summed E-state index contributed by atoms with van der Waals surface area (Å²) in [6, 6.07) is 5.88. The summed E-state index contributed by atoms with van der Waals surface area (Å²) in [5.41, 5.74) is 2.78. The third kappa shape index (κ3) is 0.789. The molecule has 0 saturated carbocycles. The first-order valence-corrected chi connectivity index (χ1v) is 4.61. The van der Waals surface area contributed by atoms with Crippen molar-refractivity contribution in [2.45, 2.75) is 13.0 Å². The first-order chi connectivity index (χ1) is 6.77. The standard InChI is InChI=1S/C11H9NO2/c13-11(14)9-6-12-5-4-7-2-1-3-8(9)10(7)12/h1-3,6H,4-5H2,(H,13,14). The van der Waals surface area contributed by atoms with E-state index in [1.54, 1.807) is 6.20 Å². The molecule has 1 aromatic heterocycles. The zero-order valence-corrected chi connectivity index (χ0v) is 7.53. The molecule has 0 bridgehead atoms. The van der Waals surface area contributed by atoms with Gasteiger partial charge >= 0.3 is 5.97 Å². The molecule has 0 saturated heterocycles. The molecule has 0 unspecified atom stereocenters. The van der Waals surface area contributed by atoms with Gasteiger partial charge in [-0.2, -0.15) is 0 Å². The number of para-hydroxylation sites is 1. The van der Waals surface area contributed by atoms with E-state index in [0.717, 1.165) is 23.9 Å². The lowest BCUT2D eigenvalue weighted by atomic mass is 10.1. The van der Waals surface area contributed by atoms with Crippen molar-refractivity contribution in [1.82, 2.24) is 4.57 Å². The van der Waals surface area contributed by atoms with E-state index < -0.39 is 5.97 Å². The summed E-state index contributed by atoms with van der Waals surface area (Å²) in [5, 5.41) is 9.87. The van der Waals surface area contributed by atoms with E-state index in [2.05, 4.69) is 6.07 Å². The molecule has 0 aliphatic carbocycles. The first-order valence-electron chi connectivity index (χ1n) is 4.61. The van der Waals surface area contributed by atoms with Gasteiger partial charge in [-0.1, -0.05) is 18.2 Å². The van der Waals surface area contributed by atoms with Crippen LogP contribution < -0.4 is 0 Å². The van der Waals surface area contributed by atoms with Crippen LogP contribution in [0, 0.1) is 0 Å². The monoisotopic (exact) mass is 187 g/mol. The Kier molecular flexibility index (Phi) is 1.29. The quantitative estimate of drug-likeness (QED) is 0.740. The lowest BCUT2D eigenvalue weighted by molar-refractivity contribution is 0.0699. The van der Waals surface area contributed by atoms with E-state index in [1.165, 1.54) is 5.56 Å². The van der Waals surface area contributed by atoms with Crippen molar-refractivity contribution >= 4 is 16.9 Å². The lowest BCUT2D eigenvalue weighted by Crippen LogP contribution is -1.96. The van der Waals surface area contributed by atoms with Gasteiger partial charge in [0, 0.05) is 18.1 Å². The molecule has 0 fully saturated rings. The smallest absolute Gasteiger partial charge is 0.337 e. The van der Waals surface area contributed by atoms with Crippen LogP contribution in [-0.2, 0) is 13.0 Å². The minimum absolute atomic E-state index is 0.418. The summed E-state index contributed by atoms with van der Waals surface area (Å²) in [5.74, 6) is -0.840. The average molecular weight is 187 g/mol. The molecule has 2 heterocycles. The highest BCUT2D eigenvalue weighted by Crippen LogP contribution is 2.29. The van der Waals surface area contributed by atoms with Crippen molar-refractivity contribution in [2.75, 3.05) is 0 Å². The van der Waals surface area contributed by atoms with Crippen molar-refractivity contribution in [3.05, 3.63) is 35.5 Å². The number of carbonyl (C=O) groups is 1. The topological polar surface area (TPSA) is 42.2 Å². The summed E-state index contributed by atoms with van der Waals surface area (Å²) in [6.45, 7) is 0.906. The van der Waals surface area contributed by atoms with Crippen LogP contribution in [0.4, 0.5) is 0 Å². The summed E-state index contributed by atoms with van der Waals surface area (Å²) in [6.07, 6.45) is 2.76. The Labute approximate surface area is 80.6 Å². The molecule has 0 atom stereocenters. The Balaban J connectivity index is 2.47. The third-order valence-electron chi connectivity index (χ3n) is 2.83. The van der Waals surface area contributed by atoms with Crippen LogP contribution in [0.3, 0.4) is 0 Å². The van der Waals surface area contributed by atoms with Gasteiger partial charge in [-0.3, -0.25) is 0 Å². The van der Waals surface area contributed by atoms with Crippen LogP contribution >= 0.6 is 0 Å². The van der Waals surface area contributed by atoms with Gasteiger partial charge < -0.3 is 9.67 Å². The minimum Gasteiger partial charge on any atom is -0.478 e. The zero-order valence-electron chi connectivity index (χ0n) is 7.53. The molecular weight excluding hydrogens is 178 g/mol. The lowest BCUT2D eigenvalue weighted by Gasteiger charge is -1.94. The Morgan fingerprint density at radius 1 is 1.43 bits per heavy atom. The molecule has 1 aromatic carbocycles. The van der Waals surface area contributed by atoms with Gasteiger partial charge in [0.25, 0.3) is 0 Å². The van der Waals surface area contributed by atoms with Crippen molar-refractivity contribution in [3.63, 3.8) is 0 Å². The molecule has 1 N–H and O–H groups in total. The molecule has 0 radical (unpaired) electrons. The Hall–Kier alpha value is -1.77. The molecule has 1 aliphatic heterocycles. The van der Waals surface area contributed by atoms with E-state index >= 15 is 0 Å². The van der Waals surface area contributed by atoms with E-state index in [-0.39, 0.29) is 0 Å². The fraction of sp³-hybridized carbons (Fsp3) is 0.182. The van der Waals surface area contributed by atoms with Crippen molar-refractivity contribution < 1.29 is 9.90 Å². The summed E-state index contributed by atoms with van der Waals surface area (Å²) < 4.78 is 2.04. The Morgan fingerprint density at radius 2 is 2.29 bits per heavy atom. The fourth-order valence-corrected chi connectivity index (χ4v) is 2.23. The van der Waals surface area contributed by atoms with Crippen LogP contribution in [-0.4, -0.2) is 15.6 Å². The van der Waals surface area contributed by atoms with Gasteiger partial charge in [-0.15, -0.1) is 0 Å². The van der Waals surface area contributed by atoms with E-state index in [4.69, 9.17) is 5.11 Å². The number of hydrogen-bond acceptors (Lipinski definition) is 1. The highest BCUT2D eigenvalue weighted by atomic mass is 16.4. The van der Waals surface area contributed by atoms with Crippen LogP contribution in [0.25, 0.3) is 10.9 Å². The van der Waals surface area contributed by atoms with Crippen LogP contribution in [0.2, 0.25) is 0 Å². The molecule has 0 amide bonds. The molecule has 14 heavy (non-hydrogen) atoms. The predicted molar refractivity (Wildman–Crippen MR) is 52.6 cm³/mol. The maximum Gasteiger partial charge on any atom is 0.337 e. The molecular formula is C11H9NO2. The average Bonchev–Trinajstić information content (AvgIpc) is 2.72. The van der Waals surface area contributed by atoms with Crippen molar-refractivity contribution in [2.24, 2.45) is 0 Å². The first kappa shape index (κ1) is 7.62. The largest absolute Gasteiger partial charge is 0.478 e. The predicted octanol–water partition coefficient (Wildman–Crippen LogP) is 1.90. The summed E-state index contributed by atoms with van der Waals surface area (Å²) >= 11 is 0. The maximum atomic E-state index is 11.0. The fourth-order valence-electron chi connectivity index (χ4n) is 2.23. The summed E-state index contributed by atoms with van der Waals surface area (Å²) in [4.78, 5) is 11.0. The second kappa shape index (κ2) is 2.38. The minimum atomic E-state index is -0.840. The van der Waals surface area contributed by atoms with Crippen LogP contribution in [0.15, 0.2) is 24.4 Å². The highest BCUT2D eigenvalue weighted by Gasteiger charge is 2.19. The van der Waals surface area contributed by atoms with Gasteiger partial charge in [-0.25, -0.2) is 4.79 Å². The molecule has 3 rings (SSSR count). The molecule has 0 spiro atoms. The normalized spacial score (nSPS) is 13.7. The molecule has 2 aromatic rings. The van der Waals surface area contributed by atoms with E-state index in [0.29, 0.717) is 5.56 Å². The van der Waals surface area contributed by atoms with Crippen LogP contribution in [0.5, 0.6) is 0 Å². The number of rotatable bonds is 1. The Morgan fingerprint density at radius 3 is 3.07 bits per heavy atom. The highest BCUT2D eigenvalue weighted by molar-refractivity contribution is 6.04. The summed E-state index contributed by atoms with van der Waals surface area (Å²) in [7, 11) is 0. The van der Waals surface area contributed by atoms with Gasteiger partial charge in [0.2, 0.25) is 0 Å². The molecule has 70 valence electrons. The molecule has 1 aliphatic rings. The molecule has 3 heteroatoms. The van der Waals surface area contributed by atoms with E-state index in [1.807, 2.05) is 16.7 Å². The number of nitrogens with zero attached hydrogens (tertiary/aromatic N) is 1. The number of benzene rings is 1.